The third kappa shape index (κ3) is 5.87. The third-order valence-corrected chi connectivity index (χ3v) is 2.33. The van der Waals surface area contributed by atoms with Crippen LogP contribution < -0.4 is 5.32 Å². The Morgan fingerprint density at radius 2 is 2.16 bits per heavy atom. The van der Waals surface area contributed by atoms with Crippen LogP contribution in [-0.2, 0) is 4.74 Å². The van der Waals surface area contributed by atoms with Gasteiger partial charge in [0.1, 0.15) is 11.6 Å². The van der Waals surface area contributed by atoms with E-state index in [2.05, 4.69) is 15.5 Å². The van der Waals surface area contributed by atoms with E-state index in [1.165, 1.54) is 0 Å². The van der Waals surface area contributed by atoms with Gasteiger partial charge in [0, 0.05) is 0 Å². The first-order chi connectivity index (χ1) is 8.67. The Bertz CT molecular complexity index is 473. The lowest BCUT2D eigenvalue weighted by Crippen LogP contribution is -2.35. The zero-order valence-electron chi connectivity index (χ0n) is 11.9. The summed E-state index contributed by atoms with van der Waals surface area (Å²) in [7, 11) is 0. The van der Waals surface area contributed by atoms with Crippen molar-refractivity contribution in [2.75, 3.05) is 0 Å². The minimum atomic E-state index is -0.543. The van der Waals surface area contributed by atoms with Gasteiger partial charge in [0.2, 0.25) is 5.89 Å². The molecule has 0 aliphatic heterocycles. The number of nitrogens with zero attached hydrogens (tertiary/aromatic N) is 1. The summed E-state index contributed by atoms with van der Waals surface area (Å²) in [5, 5.41) is 9.25. The fourth-order valence-corrected chi connectivity index (χ4v) is 1.66. The Labute approximate surface area is 117 Å². The minimum Gasteiger partial charge on any atom is -0.444 e. The lowest BCUT2D eigenvalue weighted by Gasteiger charge is -2.22. The van der Waals surface area contributed by atoms with Crippen LogP contribution in [0.5, 0.6) is 0 Å². The maximum absolute atomic E-state index is 11.8. The summed E-state index contributed by atoms with van der Waals surface area (Å²) in [6.07, 6.45) is 0.185. The number of amides is 1. The molecule has 0 unspecified atom stereocenters. The molecule has 0 saturated carbocycles. The van der Waals surface area contributed by atoms with Gasteiger partial charge in [-0.25, -0.2) is 9.89 Å². The minimum absolute atomic E-state index is 0.190. The molecule has 1 atom stereocenters. The fourth-order valence-electron chi connectivity index (χ4n) is 1.53. The van der Waals surface area contributed by atoms with Crippen LogP contribution in [-0.4, -0.2) is 21.9 Å². The van der Waals surface area contributed by atoms with Crippen LogP contribution in [0.2, 0.25) is 0 Å². The Hall–Kier alpha value is -1.37. The van der Waals surface area contributed by atoms with E-state index in [1.807, 2.05) is 34.6 Å². The fraction of sp³-hybridized carbons (Fsp3) is 0.750. The van der Waals surface area contributed by atoms with E-state index in [4.69, 9.17) is 21.4 Å². The molecular weight excluding hydrogens is 266 g/mol. The van der Waals surface area contributed by atoms with Crippen LogP contribution in [0.4, 0.5) is 4.79 Å². The van der Waals surface area contributed by atoms with Gasteiger partial charge in [-0.15, -0.1) is 5.10 Å². The average Bonchev–Trinajstić information content (AvgIpc) is 2.60. The summed E-state index contributed by atoms with van der Waals surface area (Å²) in [5.74, 6) is 0.727. The van der Waals surface area contributed by atoms with Gasteiger partial charge in [-0.1, -0.05) is 13.8 Å². The van der Waals surface area contributed by atoms with Crippen LogP contribution in [0, 0.1) is 10.8 Å². The topological polar surface area (TPSA) is 80.1 Å². The second kappa shape index (κ2) is 6.18. The van der Waals surface area contributed by atoms with Crippen molar-refractivity contribution in [1.29, 1.82) is 0 Å². The number of nitrogens with one attached hydrogen (secondary N) is 2. The van der Waals surface area contributed by atoms with Gasteiger partial charge >= 0.3 is 6.09 Å². The number of H-pyrrole nitrogens is 1. The molecule has 0 aromatic carbocycles. The second-order valence-electron chi connectivity index (χ2n) is 5.78. The molecular formula is C12H21N3O3S. The lowest BCUT2D eigenvalue weighted by atomic mass is 10.0. The van der Waals surface area contributed by atoms with Gasteiger partial charge in [0.25, 0.3) is 4.84 Å². The number of ether oxygens (including phenoxy) is 1. The van der Waals surface area contributed by atoms with Crippen LogP contribution in [0.15, 0.2) is 4.42 Å². The van der Waals surface area contributed by atoms with E-state index >= 15 is 0 Å². The molecule has 1 aromatic heterocycles. The molecule has 0 aliphatic rings. The van der Waals surface area contributed by atoms with Crippen LogP contribution >= 0.6 is 12.2 Å². The highest BCUT2D eigenvalue weighted by Crippen LogP contribution is 2.20. The maximum atomic E-state index is 11.8. The van der Waals surface area contributed by atoms with E-state index in [-0.39, 0.29) is 10.9 Å². The molecule has 6 nitrogen and oxygen atoms in total. The van der Waals surface area contributed by atoms with Crippen molar-refractivity contribution < 1.29 is 13.9 Å². The molecule has 0 saturated heterocycles. The standard InChI is InChI=1S/C12H21N3O3S/c1-7(2)6-8(9-14-15-11(19)17-9)13-10(16)18-12(3,4)5/h7-8H,6H2,1-5H3,(H,13,16)(H,15,19)/t8-/m0/s1. The number of aromatic amines is 1. The van der Waals surface area contributed by atoms with Crippen molar-refractivity contribution in [3.05, 3.63) is 10.7 Å². The Morgan fingerprint density at radius 3 is 2.58 bits per heavy atom. The lowest BCUT2D eigenvalue weighted by molar-refractivity contribution is 0.0488. The van der Waals surface area contributed by atoms with Crippen molar-refractivity contribution in [3.63, 3.8) is 0 Å². The molecule has 0 fully saturated rings. The number of rotatable bonds is 4. The number of hydrogen-bond acceptors (Lipinski definition) is 5. The molecule has 1 rings (SSSR count). The number of carbonyl (C=O) groups is 1. The quantitative estimate of drug-likeness (QED) is 0.830. The Morgan fingerprint density at radius 1 is 1.53 bits per heavy atom. The van der Waals surface area contributed by atoms with Crippen molar-refractivity contribution in [2.24, 2.45) is 5.92 Å². The van der Waals surface area contributed by atoms with Crippen LogP contribution in [0.1, 0.15) is 53.0 Å². The van der Waals surface area contributed by atoms with Crippen LogP contribution in [0.25, 0.3) is 0 Å². The monoisotopic (exact) mass is 287 g/mol. The number of alkyl carbamates (subject to hydrolysis) is 1. The normalized spacial score (nSPS) is 13.4. The first-order valence-electron chi connectivity index (χ1n) is 6.22. The van der Waals surface area contributed by atoms with E-state index < -0.39 is 11.7 Å². The van der Waals surface area contributed by atoms with Gasteiger partial charge in [0.05, 0.1) is 0 Å². The van der Waals surface area contributed by atoms with Gasteiger partial charge in [-0.2, -0.15) is 0 Å². The predicted octanol–water partition coefficient (Wildman–Crippen LogP) is 3.34. The van der Waals surface area contributed by atoms with Crippen molar-refractivity contribution >= 4 is 18.3 Å². The molecule has 19 heavy (non-hydrogen) atoms. The first kappa shape index (κ1) is 15.7. The highest BCUT2D eigenvalue weighted by atomic mass is 32.1. The average molecular weight is 287 g/mol. The zero-order valence-corrected chi connectivity index (χ0v) is 12.8. The molecule has 7 heteroatoms. The SMILES string of the molecule is CC(C)C[C@H](NC(=O)OC(C)(C)C)c1n[nH]c(=S)o1. The summed E-state index contributed by atoms with van der Waals surface area (Å²) in [6, 6.07) is -0.359. The molecule has 0 aliphatic carbocycles. The first-order valence-corrected chi connectivity index (χ1v) is 6.63. The largest absolute Gasteiger partial charge is 0.444 e. The van der Waals surface area contributed by atoms with Crippen molar-refractivity contribution in [1.82, 2.24) is 15.5 Å². The van der Waals surface area contributed by atoms with E-state index in [0.29, 0.717) is 18.2 Å². The molecule has 108 valence electrons. The van der Waals surface area contributed by atoms with E-state index in [0.717, 1.165) is 0 Å². The van der Waals surface area contributed by atoms with E-state index in [1.54, 1.807) is 0 Å². The summed E-state index contributed by atoms with van der Waals surface area (Å²) < 4.78 is 10.5. The summed E-state index contributed by atoms with van der Waals surface area (Å²) in [5.41, 5.74) is -0.543. The van der Waals surface area contributed by atoms with Gasteiger partial charge in [0.15, 0.2) is 0 Å². The Kier molecular flexibility index (Phi) is 5.11. The highest BCUT2D eigenvalue weighted by molar-refractivity contribution is 7.71. The van der Waals surface area contributed by atoms with Crippen LogP contribution in [0.3, 0.4) is 0 Å². The van der Waals surface area contributed by atoms with E-state index in [9.17, 15) is 4.79 Å². The summed E-state index contributed by atoms with van der Waals surface area (Å²) in [4.78, 5) is 12.0. The summed E-state index contributed by atoms with van der Waals surface area (Å²) in [6.45, 7) is 9.52. The smallest absolute Gasteiger partial charge is 0.408 e. The molecule has 0 bridgehead atoms. The zero-order chi connectivity index (χ0) is 14.6. The van der Waals surface area contributed by atoms with Gasteiger partial charge < -0.3 is 14.5 Å². The number of carbonyl (C=O) groups excluding carboxylic acids is 1. The molecule has 1 heterocycles. The number of aromatic nitrogens is 2. The Balaban J connectivity index is 2.76. The molecule has 1 amide bonds. The third-order valence-electron chi connectivity index (χ3n) is 2.15. The highest BCUT2D eigenvalue weighted by Gasteiger charge is 2.24. The van der Waals surface area contributed by atoms with Gasteiger partial charge in [-0.05, 0) is 45.3 Å². The number of hydrogen-bond donors (Lipinski definition) is 2. The van der Waals surface area contributed by atoms with Crippen molar-refractivity contribution in [3.8, 4) is 0 Å². The van der Waals surface area contributed by atoms with Gasteiger partial charge in [-0.3, -0.25) is 0 Å². The molecule has 0 radical (unpaired) electrons. The predicted molar refractivity (Wildman–Crippen MR) is 73.3 cm³/mol. The molecule has 1 aromatic rings. The molecule has 0 spiro atoms. The second-order valence-corrected chi connectivity index (χ2v) is 6.15. The summed E-state index contributed by atoms with van der Waals surface area (Å²) >= 11 is 4.84. The maximum Gasteiger partial charge on any atom is 0.408 e. The molecule has 2 N–H and O–H groups in total. The van der Waals surface area contributed by atoms with Crippen molar-refractivity contribution in [2.45, 2.75) is 52.7 Å².